The summed E-state index contributed by atoms with van der Waals surface area (Å²) in [6.45, 7) is 2.91. The third kappa shape index (κ3) is 3.88. The number of anilines is 1. The van der Waals surface area contributed by atoms with Gasteiger partial charge < -0.3 is 15.4 Å². The number of nitrogens with zero attached hydrogens (tertiary/aromatic N) is 1. The molecule has 0 radical (unpaired) electrons. The van der Waals surface area contributed by atoms with E-state index in [1.54, 1.807) is 6.07 Å². The monoisotopic (exact) mass is 286 g/mol. The van der Waals surface area contributed by atoms with Crippen molar-refractivity contribution < 1.29 is 9.90 Å². The van der Waals surface area contributed by atoms with Crippen molar-refractivity contribution in [2.45, 2.75) is 39.2 Å². The molecule has 3 N–H and O–H groups in total. The second kappa shape index (κ2) is 6.97. The Morgan fingerprint density at radius 1 is 1.14 bits per heavy atom. The minimum Gasteiger partial charge on any atom is -0.477 e. The third-order valence-corrected chi connectivity index (χ3v) is 3.61. The second-order valence-corrected chi connectivity index (χ2v) is 5.30. The Morgan fingerprint density at radius 2 is 1.86 bits per heavy atom. The maximum Gasteiger partial charge on any atom is 0.352 e. The quantitative estimate of drug-likeness (QED) is 0.596. The number of carbonyl (C=O) groups is 1. The SMILES string of the molecule is CCCCCCn1cc(-c2ccc(N)cc2)cc1C(=O)O. The summed E-state index contributed by atoms with van der Waals surface area (Å²) in [5.41, 5.74) is 8.64. The highest BCUT2D eigenvalue weighted by Gasteiger charge is 2.13. The lowest BCUT2D eigenvalue weighted by Crippen LogP contribution is -2.07. The van der Waals surface area contributed by atoms with Crippen LogP contribution >= 0.6 is 0 Å². The van der Waals surface area contributed by atoms with E-state index in [0.29, 0.717) is 11.4 Å². The van der Waals surface area contributed by atoms with Gasteiger partial charge in [0.05, 0.1) is 0 Å². The molecule has 21 heavy (non-hydrogen) atoms. The Morgan fingerprint density at radius 3 is 2.48 bits per heavy atom. The fraction of sp³-hybridized carbons (Fsp3) is 0.353. The molecule has 0 fully saturated rings. The Hall–Kier alpha value is -2.23. The molecule has 0 aliphatic rings. The van der Waals surface area contributed by atoms with E-state index in [0.717, 1.165) is 30.5 Å². The number of nitrogens with two attached hydrogens (primary N) is 1. The summed E-state index contributed by atoms with van der Waals surface area (Å²) in [6, 6.07) is 9.21. The van der Waals surface area contributed by atoms with Gasteiger partial charge >= 0.3 is 5.97 Å². The summed E-state index contributed by atoms with van der Waals surface area (Å²) in [4.78, 5) is 11.4. The molecular formula is C17H22N2O2. The highest BCUT2D eigenvalue weighted by Crippen LogP contribution is 2.24. The first kappa shape index (κ1) is 15.2. The van der Waals surface area contributed by atoms with Gasteiger partial charge in [-0.2, -0.15) is 0 Å². The van der Waals surface area contributed by atoms with Gasteiger partial charge in [-0.3, -0.25) is 0 Å². The fourth-order valence-electron chi connectivity index (χ4n) is 2.42. The standard InChI is InChI=1S/C17H22N2O2/c1-2-3-4-5-10-19-12-14(11-16(19)17(20)21)13-6-8-15(18)9-7-13/h6-9,11-12H,2-5,10,18H2,1H3,(H,20,21). The van der Waals surface area contributed by atoms with E-state index < -0.39 is 5.97 Å². The van der Waals surface area contributed by atoms with Crippen LogP contribution in [0.25, 0.3) is 11.1 Å². The first-order valence-electron chi connectivity index (χ1n) is 7.41. The molecule has 112 valence electrons. The van der Waals surface area contributed by atoms with E-state index in [4.69, 9.17) is 5.73 Å². The summed E-state index contributed by atoms with van der Waals surface area (Å²) in [7, 11) is 0. The highest BCUT2D eigenvalue weighted by atomic mass is 16.4. The van der Waals surface area contributed by atoms with Crippen molar-refractivity contribution >= 4 is 11.7 Å². The number of carboxylic acids is 1. The molecule has 2 aromatic rings. The molecule has 0 saturated carbocycles. The molecule has 0 saturated heterocycles. The van der Waals surface area contributed by atoms with Gasteiger partial charge in [0.15, 0.2) is 0 Å². The number of aryl methyl sites for hydroxylation is 1. The largest absolute Gasteiger partial charge is 0.477 e. The molecular weight excluding hydrogens is 264 g/mol. The van der Waals surface area contributed by atoms with Gasteiger partial charge in [0.1, 0.15) is 5.69 Å². The van der Waals surface area contributed by atoms with Crippen molar-refractivity contribution in [2.75, 3.05) is 5.73 Å². The Balaban J connectivity index is 2.20. The molecule has 0 unspecified atom stereocenters. The van der Waals surface area contributed by atoms with Crippen LogP contribution in [0.4, 0.5) is 5.69 Å². The zero-order chi connectivity index (χ0) is 15.2. The number of rotatable bonds is 7. The average Bonchev–Trinajstić information content (AvgIpc) is 2.89. The van der Waals surface area contributed by atoms with Crippen molar-refractivity contribution in [3.05, 3.63) is 42.2 Å². The number of unbranched alkanes of at least 4 members (excludes halogenated alkanes) is 3. The molecule has 4 heteroatoms. The normalized spacial score (nSPS) is 10.7. The lowest BCUT2D eigenvalue weighted by molar-refractivity contribution is 0.0685. The molecule has 0 aliphatic carbocycles. The smallest absolute Gasteiger partial charge is 0.352 e. The van der Waals surface area contributed by atoms with Gasteiger partial charge in [-0.25, -0.2) is 4.79 Å². The van der Waals surface area contributed by atoms with Gasteiger partial charge in [-0.1, -0.05) is 38.3 Å². The number of hydrogen-bond donors (Lipinski definition) is 2. The van der Waals surface area contributed by atoms with Crippen LogP contribution in [0.2, 0.25) is 0 Å². The molecule has 1 aromatic heterocycles. The summed E-state index contributed by atoms with van der Waals surface area (Å²) >= 11 is 0. The fourth-order valence-corrected chi connectivity index (χ4v) is 2.42. The Kier molecular flexibility index (Phi) is 5.04. The van der Waals surface area contributed by atoms with Gasteiger partial charge in [-0.05, 0) is 30.2 Å². The minimum absolute atomic E-state index is 0.346. The first-order chi connectivity index (χ1) is 10.1. The average molecular weight is 286 g/mol. The van der Waals surface area contributed by atoms with Crippen LogP contribution in [0, 0.1) is 0 Å². The highest BCUT2D eigenvalue weighted by molar-refractivity contribution is 5.88. The van der Waals surface area contributed by atoms with Crippen LogP contribution < -0.4 is 5.73 Å². The van der Waals surface area contributed by atoms with Crippen molar-refractivity contribution in [2.24, 2.45) is 0 Å². The van der Waals surface area contributed by atoms with Crippen molar-refractivity contribution in [3.63, 3.8) is 0 Å². The van der Waals surface area contributed by atoms with E-state index in [2.05, 4.69) is 6.92 Å². The van der Waals surface area contributed by atoms with Crippen molar-refractivity contribution in [1.29, 1.82) is 0 Å². The molecule has 0 spiro atoms. The van der Waals surface area contributed by atoms with Crippen molar-refractivity contribution in [1.82, 2.24) is 4.57 Å². The van der Waals surface area contributed by atoms with Crippen LogP contribution in [0.3, 0.4) is 0 Å². The van der Waals surface area contributed by atoms with E-state index in [1.807, 2.05) is 35.0 Å². The number of nitrogen functional groups attached to an aromatic ring is 1. The number of aromatic nitrogens is 1. The van der Waals surface area contributed by atoms with Crippen molar-refractivity contribution in [3.8, 4) is 11.1 Å². The lowest BCUT2D eigenvalue weighted by Gasteiger charge is -2.05. The lowest BCUT2D eigenvalue weighted by atomic mass is 10.1. The minimum atomic E-state index is -0.882. The maximum absolute atomic E-state index is 11.4. The predicted octanol–water partition coefficient (Wildman–Crippen LogP) is 4.02. The zero-order valence-electron chi connectivity index (χ0n) is 12.4. The van der Waals surface area contributed by atoms with Crippen LogP contribution in [-0.4, -0.2) is 15.6 Å². The Bertz CT molecular complexity index is 600. The van der Waals surface area contributed by atoms with E-state index >= 15 is 0 Å². The summed E-state index contributed by atoms with van der Waals surface area (Å²) in [5.74, 6) is -0.882. The van der Waals surface area contributed by atoms with E-state index in [9.17, 15) is 9.90 Å². The van der Waals surface area contributed by atoms with Crippen LogP contribution in [0.5, 0.6) is 0 Å². The topological polar surface area (TPSA) is 68.2 Å². The van der Waals surface area contributed by atoms with Gasteiger partial charge in [-0.15, -0.1) is 0 Å². The molecule has 0 aliphatic heterocycles. The second-order valence-electron chi connectivity index (χ2n) is 5.30. The maximum atomic E-state index is 11.4. The van der Waals surface area contributed by atoms with Crippen LogP contribution in [-0.2, 0) is 6.54 Å². The predicted molar refractivity (Wildman–Crippen MR) is 85.4 cm³/mol. The molecule has 2 rings (SSSR count). The zero-order valence-corrected chi connectivity index (χ0v) is 12.4. The van der Waals surface area contributed by atoms with Crippen LogP contribution in [0.15, 0.2) is 36.5 Å². The summed E-state index contributed by atoms with van der Waals surface area (Å²) < 4.78 is 1.84. The first-order valence-corrected chi connectivity index (χ1v) is 7.41. The molecule has 1 heterocycles. The molecule has 4 nitrogen and oxygen atoms in total. The summed E-state index contributed by atoms with van der Waals surface area (Å²) in [6.07, 6.45) is 6.42. The Labute approximate surface area is 125 Å². The number of hydrogen-bond acceptors (Lipinski definition) is 2. The van der Waals surface area contributed by atoms with Gasteiger partial charge in [0.2, 0.25) is 0 Å². The molecule has 0 amide bonds. The summed E-state index contributed by atoms with van der Waals surface area (Å²) in [5, 5.41) is 9.33. The molecule has 0 atom stereocenters. The van der Waals surface area contributed by atoms with Gasteiger partial charge in [0.25, 0.3) is 0 Å². The van der Waals surface area contributed by atoms with Gasteiger partial charge in [0, 0.05) is 24.0 Å². The molecule has 1 aromatic carbocycles. The molecule has 0 bridgehead atoms. The van der Waals surface area contributed by atoms with E-state index in [-0.39, 0.29) is 0 Å². The third-order valence-electron chi connectivity index (χ3n) is 3.61. The number of benzene rings is 1. The van der Waals surface area contributed by atoms with E-state index in [1.165, 1.54) is 12.8 Å². The number of aromatic carboxylic acids is 1. The van der Waals surface area contributed by atoms with Crippen LogP contribution in [0.1, 0.15) is 43.1 Å². The number of carboxylic acid groups (broad SMARTS) is 1.